The van der Waals surface area contributed by atoms with Crippen LogP contribution in [0.4, 0.5) is 11.4 Å². The van der Waals surface area contributed by atoms with Crippen molar-refractivity contribution in [1.82, 2.24) is 4.98 Å². The number of aromatic nitrogens is 1. The highest BCUT2D eigenvalue weighted by molar-refractivity contribution is 5.69. The van der Waals surface area contributed by atoms with Crippen molar-refractivity contribution in [3.63, 3.8) is 0 Å². The molecule has 1 saturated heterocycles. The lowest BCUT2D eigenvalue weighted by Gasteiger charge is -2.37. The fourth-order valence-electron chi connectivity index (χ4n) is 3.63. The molecule has 3 rings (SSSR count). The van der Waals surface area contributed by atoms with Gasteiger partial charge in [0, 0.05) is 56.4 Å². The van der Waals surface area contributed by atoms with Gasteiger partial charge in [0.1, 0.15) is 5.75 Å². The second-order valence-corrected chi connectivity index (χ2v) is 7.22. The summed E-state index contributed by atoms with van der Waals surface area (Å²) in [6.45, 7) is 10.5. The zero-order valence-electron chi connectivity index (χ0n) is 17.8. The number of rotatable bonds is 10. The Morgan fingerprint density at radius 2 is 1.80 bits per heavy atom. The zero-order chi connectivity index (χ0) is 21.2. The van der Waals surface area contributed by atoms with Crippen LogP contribution in [0.15, 0.2) is 55.4 Å². The van der Waals surface area contributed by atoms with Crippen molar-refractivity contribution in [3.05, 3.63) is 60.9 Å². The van der Waals surface area contributed by atoms with Crippen molar-refractivity contribution in [3.8, 4) is 5.75 Å². The van der Waals surface area contributed by atoms with E-state index in [1.54, 1.807) is 0 Å². The lowest BCUT2D eigenvalue weighted by atomic mass is 10.1. The average molecular weight is 410 g/mol. The second-order valence-electron chi connectivity index (χ2n) is 7.22. The Hall–Kier alpha value is -3.02. The van der Waals surface area contributed by atoms with Crippen LogP contribution in [-0.4, -0.2) is 50.3 Å². The predicted molar refractivity (Wildman–Crippen MR) is 120 cm³/mol. The van der Waals surface area contributed by atoms with E-state index in [0.29, 0.717) is 26.1 Å². The molecule has 6 nitrogen and oxygen atoms in total. The molecule has 0 unspecified atom stereocenters. The van der Waals surface area contributed by atoms with Crippen LogP contribution in [0.3, 0.4) is 0 Å². The molecule has 30 heavy (non-hydrogen) atoms. The lowest BCUT2D eigenvalue weighted by Crippen LogP contribution is -2.46. The summed E-state index contributed by atoms with van der Waals surface area (Å²) in [5.41, 5.74) is 3.55. The molecule has 0 amide bonds. The first kappa shape index (κ1) is 21.7. The van der Waals surface area contributed by atoms with Gasteiger partial charge in [-0.3, -0.25) is 9.78 Å². The van der Waals surface area contributed by atoms with Gasteiger partial charge >= 0.3 is 5.97 Å². The molecule has 160 valence electrons. The summed E-state index contributed by atoms with van der Waals surface area (Å²) in [4.78, 5) is 20.4. The average Bonchev–Trinajstić information content (AvgIpc) is 2.78. The maximum atomic E-state index is 11.5. The molecule has 2 heterocycles. The molecular formula is C24H31N3O3. The number of allylic oxidation sites excluding steroid dienone is 1. The minimum atomic E-state index is -0.173. The highest BCUT2D eigenvalue weighted by Gasteiger charge is 2.18. The number of ether oxygens (including phenoxy) is 2. The Kier molecular flexibility index (Phi) is 8.12. The molecule has 0 N–H and O–H groups in total. The summed E-state index contributed by atoms with van der Waals surface area (Å²) in [7, 11) is 0. The van der Waals surface area contributed by atoms with E-state index < -0.39 is 0 Å². The number of hydrogen-bond acceptors (Lipinski definition) is 6. The molecule has 0 radical (unpaired) electrons. The van der Waals surface area contributed by atoms with Crippen molar-refractivity contribution in [2.24, 2.45) is 0 Å². The quantitative estimate of drug-likeness (QED) is 0.337. The molecule has 0 bridgehead atoms. The first-order chi connectivity index (χ1) is 14.7. The Morgan fingerprint density at radius 1 is 1.10 bits per heavy atom. The Morgan fingerprint density at radius 3 is 2.47 bits per heavy atom. The molecule has 1 aromatic carbocycles. The van der Waals surface area contributed by atoms with E-state index >= 15 is 0 Å². The number of piperazine rings is 1. The van der Waals surface area contributed by atoms with Gasteiger partial charge in [-0.15, -0.1) is 6.58 Å². The number of hydrogen-bond donors (Lipinski definition) is 0. The first-order valence-corrected chi connectivity index (χ1v) is 10.6. The summed E-state index contributed by atoms with van der Waals surface area (Å²) in [6, 6.07) is 10.5. The SMILES string of the molecule is C=CCc1cc(N2CCN(c3ccncc3)CC2)ccc1OCCCC(=O)OCC. The number of carbonyl (C=O) groups excluding carboxylic acids is 1. The van der Waals surface area contributed by atoms with Gasteiger partial charge < -0.3 is 19.3 Å². The van der Waals surface area contributed by atoms with Gasteiger partial charge in [-0.05, 0) is 55.7 Å². The van der Waals surface area contributed by atoms with Crippen LogP contribution >= 0.6 is 0 Å². The maximum absolute atomic E-state index is 11.5. The van der Waals surface area contributed by atoms with Crippen molar-refractivity contribution in [1.29, 1.82) is 0 Å². The van der Waals surface area contributed by atoms with Crippen LogP contribution < -0.4 is 14.5 Å². The third kappa shape index (κ3) is 5.99. The van der Waals surface area contributed by atoms with Gasteiger partial charge in [-0.2, -0.15) is 0 Å². The van der Waals surface area contributed by atoms with Crippen molar-refractivity contribution in [2.45, 2.75) is 26.2 Å². The third-order valence-corrected chi connectivity index (χ3v) is 5.17. The highest BCUT2D eigenvalue weighted by Crippen LogP contribution is 2.27. The minimum absolute atomic E-state index is 0.173. The van der Waals surface area contributed by atoms with Gasteiger partial charge in [0.15, 0.2) is 0 Å². The fourth-order valence-corrected chi connectivity index (χ4v) is 3.63. The molecule has 0 spiro atoms. The highest BCUT2D eigenvalue weighted by atomic mass is 16.5. The van der Waals surface area contributed by atoms with Crippen LogP contribution in [0, 0.1) is 0 Å². The Bertz CT molecular complexity index is 818. The molecular weight excluding hydrogens is 378 g/mol. The van der Waals surface area contributed by atoms with E-state index in [-0.39, 0.29) is 5.97 Å². The van der Waals surface area contributed by atoms with Crippen LogP contribution in [0.2, 0.25) is 0 Å². The fraction of sp³-hybridized carbons (Fsp3) is 0.417. The molecule has 1 fully saturated rings. The molecule has 0 saturated carbocycles. The predicted octanol–water partition coefficient (Wildman–Crippen LogP) is 3.86. The van der Waals surface area contributed by atoms with Crippen LogP contribution in [-0.2, 0) is 16.0 Å². The van der Waals surface area contributed by atoms with Gasteiger partial charge in [0.2, 0.25) is 0 Å². The van der Waals surface area contributed by atoms with E-state index in [1.165, 1.54) is 11.4 Å². The molecule has 1 aromatic heterocycles. The van der Waals surface area contributed by atoms with Crippen LogP contribution in [0.5, 0.6) is 5.75 Å². The van der Waals surface area contributed by atoms with Crippen LogP contribution in [0.25, 0.3) is 0 Å². The molecule has 1 aliphatic rings. The zero-order valence-corrected chi connectivity index (χ0v) is 17.8. The van der Waals surface area contributed by atoms with Gasteiger partial charge in [0.05, 0.1) is 13.2 Å². The van der Waals surface area contributed by atoms with E-state index in [9.17, 15) is 4.79 Å². The van der Waals surface area contributed by atoms with Crippen molar-refractivity contribution >= 4 is 17.3 Å². The number of anilines is 2. The number of esters is 1. The van der Waals surface area contributed by atoms with Crippen molar-refractivity contribution in [2.75, 3.05) is 49.2 Å². The summed E-state index contributed by atoms with van der Waals surface area (Å²) >= 11 is 0. The van der Waals surface area contributed by atoms with Gasteiger partial charge in [-0.1, -0.05) is 6.08 Å². The Labute approximate surface area is 179 Å². The van der Waals surface area contributed by atoms with Gasteiger partial charge in [0.25, 0.3) is 0 Å². The third-order valence-electron chi connectivity index (χ3n) is 5.17. The monoisotopic (exact) mass is 409 g/mol. The minimum Gasteiger partial charge on any atom is -0.493 e. The van der Waals surface area contributed by atoms with Crippen molar-refractivity contribution < 1.29 is 14.3 Å². The first-order valence-electron chi connectivity index (χ1n) is 10.6. The second kappa shape index (κ2) is 11.2. The molecule has 0 atom stereocenters. The summed E-state index contributed by atoms with van der Waals surface area (Å²) < 4.78 is 10.9. The standard InChI is InChI=1S/C24H31N3O3/c1-3-6-20-19-22(8-9-23(20)30-18-5-7-24(28)29-4-2)27-16-14-26(15-17-27)21-10-12-25-13-11-21/h3,8-13,19H,1,4-7,14-18H2,2H3. The number of pyridine rings is 1. The van der Waals surface area contributed by atoms with E-state index in [4.69, 9.17) is 9.47 Å². The summed E-state index contributed by atoms with van der Waals surface area (Å²) in [5.74, 6) is 0.687. The van der Waals surface area contributed by atoms with E-state index in [0.717, 1.165) is 43.9 Å². The molecule has 1 aliphatic heterocycles. The lowest BCUT2D eigenvalue weighted by molar-refractivity contribution is -0.143. The number of carbonyl (C=O) groups is 1. The number of benzene rings is 1. The Balaban J connectivity index is 1.57. The molecule has 6 heteroatoms. The van der Waals surface area contributed by atoms with E-state index in [2.05, 4.69) is 45.6 Å². The van der Waals surface area contributed by atoms with Gasteiger partial charge in [-0.25, -0.2) is 0 Å². The smallest absolute Gasteiger partial charge is 0.305 e. The normalized spacial score (nSPS) is 13.8. The largest absolute Gasteiger partial charge is 0.493 e. The van der Waals surface area contributed by atoms with Crippen LogP contribution in [0.1, 0.15) is 25.3 Å². The number of nitrogens with zero attached hydrogens (tertiary/aromatic N) is 3. The molecule has 0 aliphatic carbocycles. The topological polar surface area (TPSA) is 54.9 Å². The molecule has 2 aromatic rings. The maximum Gasteiger partial charge on any atom is 0.305 e. The summed E-state index contributed by atoms with van der Waals surface area (Å²) in [5, 5.41) is 0. The summed E-state index contributed by atoms with van der Waals surface area (Å²) in [6.07, 6.45) is 7.35. The van der Waals surface area contributed by atoms with E-state index in [1.807, 2.05) is 31.5 Å².